The van der Waals surface area contributed by atoms with Crippen LogP contribution in [0.2, 0.25) is 0 Å². The van der Waals surface area contributed by atoms with E-state index >= 15 is 0 Å². The Balaban J connectivity index is 1.92. The van der Waals surface area contributed by atoms with Crippen molar-refractivity contribution in [2.24, 2.45) is 0 Å². The smallest absolute Gasteiger partial charge is 0.275 e. The molecule has 0 atom stereocenters. The van der Waals surface area contributed by atoms with Gasteiger partial charge in [0.1, 0.15) is 11.5 Å². The molecule has 2 aromatic carbocycles. The molecular weight excluding hydrogens is 307 g/mol. The minimum atomic E-state index is -0.366. The summed E-state index contributed by atoms with van der Waals surface area (Å²) < 4.78 is 16.0. The number of nitrogens with zero attached hydrogens (tertiary/aromatic N) is 2. The number of hydrogen-bond donors (Lipinski definition) is 1. The van der Waals surface area contributed by atoms with Gasteiger partial charge in [-0.25, -0.2) is 4.39 Å². The number of benzene rings is 2. The van der Waals surface area contributed by atoms with Gasteiger partial charge in [0.25, 0.3) is 5.91 Å². The van der Waals surface area contributed by atoms with Gasteiger partial charge in [0.2, 0.25) is 0 Å². The van der Waals surface area contributed by atoms with Gasteiger partial charge in [-0.3, -0.25) is 4.79 Å². The number of rotatable bonds is 3. The Morgan fingerprint density at radius 2 is 1.88 bits per heavy atom. The fraction of sp³-hybridized carbons (Fsp3) is 0.211. The summed E-state index contributed by atoms with van der Waals surface area (Å²) >= 11 is 0. The van der Waals surface area contributed by atoms with Crippen LogP contribution in [0.3, 0.4) is 0 Å². The number of carbonyl (C=O) groups is 1. The number of anilines is 1. The van der Waals surface area contributed by atoms with Crippen molar-refractivity contribution in [3.63, 3.8) is 0 Å². The first-order valence-electron chi connectivity index (χ1n) is 7.99. The molecule has 1 aliphatic rings. The average molecular weight is 324 g/mol. The second-order valence-corrected chi connectivity index (χ2v) is 5.88. The summed E-state index contributed by atoms with van der Waals surface area (Å²) in [5.41, 5.74) is 2.59. The number of halogens is 1. The van der Waals surface area contributed by atoms with Gasteiger partial charge >= 0.3 is 0 Å². The molecule has 5 heteroatoms. The number of aromatic nitrogens is 1. The molecule has 1 aliphatic heterocycles. The molecule has 1 amide bonds. The lowest BCUT2D eigenvalue weighted by molar-refractivity contribution is 0.0970. The molecule has 0 fully saturated rings. The molecule has 122 valence electrons. The van der Waals surface area contributed by atoms with Crippen molar-refractivity contribution in [2.45, 2.75) is 13.0 Å². The van der Waals surface area contributed by atoms with Crippen molar-refractivity contribution in [3.8, 4) is 0 Å². The fourth-order valence-electron chi connectivity index (χ4n) is 3.56. The highest BCUT2D eigenvalue weighted by Gasteiger charge is 2.32. The predicted molar refractivity (Wildman–Crippen MR) is 90.8 cm³/mol. The highest BCUT2D eigenvalue weighted by atomic mass is 19.1. The minimum absolute atomic E-state index is 0.147. The van der Waals surface area contributed by atoms with E-state index < -0.39 is 0 Å². The third kappa shape index (κ3) is 2.12. The molecule has 0 spiro atoms. The van der Waals surface area contributed by atoms with Crippen LogP contribution >= 0.6 is 0 Å². The molecule has 4 rings (SSSR count). The first-order chi connectivity index (χ1) is 11.7. The maximum absolute atomic E-state index is 14.4. The monoisotopic (exact) mass is 324 g/mol. The van der Waals surface area contributed by atoms with Crippen molar-refractivity contribution in [1.82, 2.24) is 4.57 Å². The molecule has 3 aromatic rings. The number of aliphatic hydroxyl groups excluding tert-OH is 1. The molecule has 0 saturated carbocycles. The second kappa shape index (κ2) is 5.76. The standard InChI is InChI=1S/C19H17FN2O2/c20-16-8-4-7-14-15-9-10-21(13-5-2-1-3-6-13)19(24)18(15)22(11-12-23)17(14)16/h1-8,23H,9-12H2. The average Bonchev–Trinajstić information content (AvgIpc) is 2.93. The van der Waals surface area contributed by atoms with Gasteiger partial charge in [-0.15, -0.1) is 0 Å². The fourth-order valence-corrected chi connectivity index (χ4v) is 3.56. The number of carbonyl (C=O) groups excluding carboxylic acids is 1. The zero-order chi connectivity index (χ0) is 16.7. The normalized spacial score (nSPS) is 14.2. The van der Waals surface area contributed by atoms with E-state index in [1.165, 1.54) is 6.07 Å². The van der Waals surface area contributed by atoms with E-state index in [1.807, 2.05) is 36.4 Å². The SMILES string of the molecule is O=C1c2c(c3cccc(F)c3n2CCO)CCN1c1ccccc1. The molecular formula is C19H17FN2O2. The lowest BCUT2D eigenvalue weighted by Crippen LogP contribution is -2.38. The van der Waals surface area contributed by atoms with Crippen LogP contribution < -0.4 is 4.90 Å². The molecule has 24 heavy (non-hydrogen) atoms. The molecule has 0 radical (unpaired) electrons. The third-order valence-electron chi connectivity index (χ3n) is 4.56. The summed E-state index contributed by atoms with van der Waals surface area (Å²) in [5, 5.41) is 10.2. The Hall–Kier alpha value is -2.66. The zero-order valence-electron chi connectivity index (χ0n) is 13.1. The molecule has 2 heterocycles. The van der Waals surface area contributed by atoms with Crippen molar-refractivity contribution >= 4 is 22.5 Å². The second-order valence-electron chi connectivity index (χ2n) is 5.88. The zero-order valence-corrected chi connectivity index (χ0v) is 13.1. The predicted octanol–water partition coefficient (Wildman–Crippen LogP) is 2.98. The summed E-state index contributed by atoms with van der Waals surface area (Å²) in [5.74, 6) is -0.513. The summed E-state index contributed by atoms with van der Waals surface area (Å²) in [6, 6.07) is 14.4. The Bertz CT molecular complexity index is 918. The van der Waals surface area contributed by atoms with E-state index in [1.54, 1.807) is 15.5 Å². The van der Waals surface area contributed by atoms with Gasteiger partial charge in [0, 0.05) is 24.2 Å². The highest BCUT2D eigenvalue weighted by Crippen LogP contribution is 2.33. The maximum Gasteiger partial charge on any atom is 0.275 e. The Morgan fingerprint density at radius 3 is 2.62 bits per heavy atom. The molecule has 1 aromatic heterocycles. The summed E-state index contributed by atoms with van der Waals surface area (Å²) in [4.78, 5) is 14.8. The first-order valence-corrected chi connectivity index (χ1v) is 7.99. The third-order valence-corrected chi connectivity index (χ3v) is 4.56. The molecule has 0 bridgehead atoms. The van der Waals surface area contributed by atoms with Gasteiger partial charge < -0.3 is 14.6 Å². The largest absolute Gasteiger partial charge is 0.395 e. The Morgan fingerprint density at radius 1 is 1.08 bits per heavy atom. The number of amides is 1. The van der Waals surface area contributed by atoms with Crippen LogP contribution in [-0.2, 0) is 13.0 Å². The molecule has 1 N–H and O–H groups in total. The van der Waals surface area contributed by atoms with E-state index in [4.69, 9.17) is 0 Å². The van der Waals surface area contributed by atoms with E-state index in [9.17, 15) is 14.3 Å². The van der Waals surface area contributed by atoms with Gasteiger partial charge in [0.15, 0.2) is 0 Å². The Labute approximate surface area is 138 Å². The number of aliphatic hydroxyl groups is 1. The quantitative estimate of drug-likeness (QED) is 0.805. The van der Waals surface area contributed by atoms with Crippen LogP contribution in [0.15, 0.2) is 48.5 Å². The molecule has 4 nitrogen and oxygen atoms in total. The first kappa shape index (κ1) is 14.9. The number of hydrogen-bond acceptors (Lipinski definition) is 2. The van der Waals surface area contributed by atoms with E-state index in [2.05, 4.69) is 0 Å². The number of fused-ring (bicyclic) bond motifs is 3. The topological polar surface area (TPSA) is 45.5 Å². The van der Waals surface area contributed by atoms with Crippen LogP contribution in [-0.4, -0.2) is 28.7 Å². The molecule has 0 aliphatic carbocycles. The lowest BCUT2D eigenvalue weighted by Gasteiger charge is -2.28. The van der Waals surface area contributed by atoms with Crippen molar-refractivity contribution in [3.05, 3.63) is 65.6 Å². The summed E-state index contributed by atoms with van der Waals surface area (Å²) in [6.45, 7) is 0.606. The van der Waals surface area contributed by atoms with Crippen LogP contribution in [0.25, 0.3) is 10.9 Å². The van der Waals surface area contributed by atoms with E-state index in [-0.39, 0.29) is 24.9 Å². The maximum atomic E-state index is 14.4. The van der Waals surface area contributed by atoms with Crippen LogP contribution in [0.4, 0.5) is 10.1 Å². The van der Waals surface area contributed by atoms with E-state index in [0.717, 1.165) is 16.6 Å². The molecule has 0 saturated heterocycles. The van der Waals surface area contributed by atoms with Crippen LogP contribution in [0, 0.1) is 5.82 Å². The highest BCUT2D eigenvalue weighted by molar-refractivity contribution is 6.11. The van der Waals surface area contributed by atoms with Crippen molar-refractivity contribution < 1.29 is 14.3 Å². The van der Waals surface area contributed by atoms with Gasteiger partial charge in [-0.1, -0.05) is 30.3 Å². The van der Waals surface area contributed by atoms with Crippen LogP contribution in [0.1, 0.15) is 16.1 Å². The Kier molecular flexibility index (Phi) is 3.58. The summed E-state index contributed by atoms with van der Waals surface area (Å²) in [7, 11) is 0. The van der Waals surface area contributed by atoms with Crippen molar-refractivity contribution in [2.75, 3.05) is 18.1 Å². The van der Waals surface area contributed by atoms with Crippen molar-refractivity contribution in [1.29, 1.82) is 0 Å². The van der Waals surface area contributed by atoms with Crippen LogP contribution in [0.5, 0.6) is 0 Å². The number of para-hydroxylation sites is 2. The van der Waals surface area contributed by atoms with Gasteiger partial charge in [-0.05, 0) is 30.2 Å². The molecule has 0 unspecified atom stereocenters. The summed E-state index contributed by atoms with van der Waals surface area (Å²) in [6.07, 6.45) is 0.661. The minimum Gasteiger partial charge on any atom is -0.395 e. The van der Waals surface area contributed by atoms with Gasteiger partial charge in [0.05, 0.1) is 12.1 Å². The van der Waals surface area contributed by atoms with E-state index in [0.29, 0.717) is 24.2 Å². The van der Waals surface area contributed by atoms with Gasteiger partial charge in [-0.2, -0.15) is 0 Å². The lowest BCUT2D eigenvalue weighted by atomic mass is 10.0.